The third-order valence-corrected chi connectivity index (χ3v) is 0. The molecule has 0 nitrogen and oxygen atoms in total. The summed E-state index contributed by atoms with van der Waals surface area (Å²) in [5.41, 5.74) is 0. The first kappa shape index (κ1) is 28.4. The van der Waals surface area contributed by atoms with E-state index in [1.54, 1.807) is 0 Å². The van der Waals surface area contributed by atoms with Gasteiger partial charge in [0.2, 0.25) is 0 Å². The summed E-state index contributed by atoms with van der Waals surface area (Å²) in [4.78, 5) is 0. The summed E-state index contributed by atoms with van der Waals surface area (Å²) in [6, 6.07) is 0. The standard InChI is InChI=1S/Ca.2Fe.Zn. The molecule has 0 bridgehead atoms. The minimum absolute atomic E-state index is 0. The molecule has 0 saturated carbocycles. The molecule has 0 unspecified atom stereocenters. The van der Waals surface area contributed by atoms with Crippen molar-refractivity contribution < 1.29 is 53.6 Å². The van der Waals surface area contributed by atoms with Gasteiger partial charge in [0.15, 0.2) is 0 Å². The largest absolute Gasteiger partial charge is 0 e. The zero-order valence-electron chi connectivity index (χ0n) is 2.12. The minimum atomic E-state index is 0. The molecule has 0 aliphatic heterocycles. The van der Waals surface area contributed by atoms with Crippen LogP contribution in [0.15, 0.2) is 0 Å². The molecule has 20 valence electrons. The van der Waals surface area contributed by atoms with Gasteiger partial charge in [0, 0.05) is 91.4 Å². The van der Waals surface area contributed by atoms with Gasteiger partial charge < -0.3 is 0 Å². The summed E-state index contributed by atoms with van der Waals surface area (Å²) in [5.74, 6) is 0. The van der Waals surface area contributed by atoms with Gasteiger partial charge in [0.05, 0.1) is 0 Å². The number of rotatable bonds is 0. The Morgan fingerprint density at radius 2 is 0.750 bits per heavy atom. The van der Waals surface area contributed by atoms with Crippen LogP contribution in [0.4, 0.5) is 0 Å². The molecule has 0 saturated heterocycles. The molecular formula is CaFe2Zn. The Morgan fingerprint density at radius 1 is 0.750 bits per heavy atom. The average Bonchev–Trinajstić information content (AvgIpc) is 0. The molecule has 0 aliphatic rings. The van der Waals surface area contributed by atoms with Crippen molar-refractivity contribution in [1.29, 1.82) is 0 Å². The summed E-state index contributed by atoms with van der Waals surface area (Å²) in [6.07, 6.45) is 0. The summed E-state index contributed by atoms with van der Waals surface area (Å²) < 4.78 is 0. The molecule has 0 aromatic rings. The van der Waals surface area contributed by atoms with Crippen LogP contribution in [0.25, 0.3) is 0 Å². The van der Waals surface area contributed by atoms with Crippen molar-refractivity contribution in [2.24, 2.45) is 0 Å². The normalized spacial score (nSPS) is 0. The summed E-state index contributed by atoms with van der Waals surface area (Å²) >= 11 is 0. The Labute approximate surface area is 89.6 Å². The zero-order valence-corrected chi connectivity index (χ0v) is 9.51. The average molecular weight is 217 g/mol. The van der Waals surface area contributed by atoms with Gasteiger partial charge in [-0.05, 0) is 0 Å². The maximum Gasteiger partial charge on any atom is 0 e. The predicted molar refractivity (Wildman–Crippen MR) is 5.75 cm³/mol. The smallest absolute Gasteiger partial charge is 0 e. The summed E-state index contributed by atoms with van der Waals surface area (Å²) in [7, 11) is 0. The van der Waals surface area contributed by atoms with E-state index in [2.05, 4.69) is 0 Å². The Morgan fingerprint density at radius 3 is 0.750 bits per heavy atom. The van der Waals surface area contributed by atoms with Crippen LogP contribution in [0, 0.1) is 0 Å². The first-order valence-corrected chi connectivity index (χ1v) is 0. The van der Waals surface area contributed by atoms with E-state index >= 15 is 0 Å². The first-order chi connectivity index (χ1) is 0. The molecule has 4 heteroatoms. The van der Waals surface area contributed by atoms with E-state index in [1.165, 1.54) is 0 Å². The van der Waals surface area contributed by atoms with Crippen molar-refractivity contribution in [3.8, 4) is 0 Å². The van der Waals surface area contributed by atoms with Gasteiger partial charge in [0.25, 0.3) is 0 Å². The van der Waals surface area contributed by atoms with Crippen LogP contribution in [-0.4, -0.2) is 37.7 Å². The Bertz CT molecular complexity index is 6.00. The molecule has 2 radical (unpaired) electrons. The fourth-order valence-corrected chi connectivity index (χ4v) is 0. The van der Waals surface area contributed by atoms with E-state index in [9.17, 15) is 0 Å². The number of hydrogen-bond donors (Lipinski definition) is 0. The second kappa shape index (κ2) is 16.8. The van der Waals surface area contributed by atoms with Crippen molar-refractivity contribution in [3.05, 3.63) is 0 Å². The Hall–Kier alpha value is 2.92. The third-order valence-electron chi connectivity index (χ3n) is 0. The van der Waals surface area contributed by atoms with Gasteiger partial charge in [-0.3, -0.25) is 0 Å². The molecule has 0 spiro atoms. The van der Waals surface area contributed by atoms with E-state index in [0.29, 0.717) is 0 Å². The molecule has 0 atom stereocenters. The van der Waals surface area contributed by atoms with Crippen molar-refractivity contribution in [1.82, 2.24) is 0 Å². The molecule has 0 aromatic carbocycles. The molecule has 0 rings (SSSR count). The van der Waals surface area contributed by atoms with Gasteiger partial charge in [-0.15, -0.1) is 0 Å². The Kier molecular flexibility index (Phi) is 119. The monoisotopic (exact) mass is 216 g/mol. The van der Waals surface area contributed by atoms with Crippen LogP contribution in [0.3, 0.4) is 0 Å². The van der Waals surface area contributed by atoms with Crippen molar-refractivity contribution in [2.45, 2.75) is 0 Å². The van der Waals surface area contributed by atoms with Crippen LogP contribution >= 0.6 is 0 Å². The van der Waals surface area contributed by atoms with Crippen LogP contribution in [0.1, 0.15) is 0 Å². The van der Waals surface area contributed by atoms with Crippen molar-refractivity contribution in [2.75, 3.05) is 0 Å². The predicted octanol–water partition coefficient (Wildman–Crippen LogP) is -0.388. The van der Waals surface area contributed by atoms with E-state index in [0.717, 1.165) is 0 Å². The third kappa shape index (κ3) is 8.87. The fraction of sp³-hybridized carbons (Fsp3) is 0. The topological polar surface area (TPSA) is 0 Å². The maximum absolute atomic E-state index is 0. The summed E-state index contributed by atoms with van der Waals surface area (Å²) in [6.45, 7) is 0. The van der Waals surface area contributed by atoms with Crippen LogP contribution in [0.2, 0.25) is 0 Å². The zero-order chi connectivity index (χ0) is 0. The quantitative estimate of drug-likeness (QED) is 0.485. The van der Waals surface area contributed by atoms with Crippen molar-refractivity contribution >= 4 is 37.7 Å². The molecule has 0 aliphatic carbocycles. The molecule has 0 fully saturated rings. The van der Waals surface area contributed by atoms with Gasteiger partial charge in [-0.1, -0.05) is 0 Å². The second-order valence-corrected chi connectivity index (χ2v) is 0. The van der Waals surface area contributed by atoms with Crippen LogP contribution < -0.4 is 0 Å². The second-order valence-electron chi connectivity index (χ2n) is 0. The minimum Gasteiger partial charge on any atom is 0 e. The SMILES string of the molecule is [Ca].[Fe].[Fe].[Zn]. The van der Waals surface area contributed by atoms with E-state index < -0.39 is 0 Å². The maximum atomic E-state index is 0. The molecule has 4 heavy (non-hydrogen) atoms. The fourth-order valence-electron chi connectivity index (χ4n) is 0. The van der Waals surface area contributed by atoms with Gasteiger partial charge >= 0.3 is 0 Å². The molecule has 0 heterocycles. The van der Waals surface area contributed by atoms with Gasteiger partial charge in [-0.2, -0.15) is 0 Å². The molecule has 0 aromatic heterocycles. The molecule has 0 amide bonds. The van der Waals surface area contributed by atoms with E-state index in [4.69, 9.17) is 0 Å². The van der Waals surface area contributed by atoms with Gasteiger partial charge in [0.1, 0.15) is 0 Å². The van der Waals surface area contributed by atoms with Crippen molar-refractivity contribution in [3.63, 3.8) is 0 Å². The number of hydrogen-bond acceptors (Lipinski definition) is 0. The molecular weight excluding hydrogens is 217 g/mol. The van der Waals surface area contributed by atoms with Gasteiger partial charge in [-0.25, -0.2) is 0 Å². The summed E-state index contributed by atoms with van der Waals surface area (Å²) in [5, 5.41) is 0. The first-order valence-electron chi connectivity index (χ1n) is 0. The Balaban J connectivity index is 0. The van der Waals surface area contributed by atoms with E-state index in [-0.39, 0.29) is 91.4 Å². The van der Waals surface area contributed by atoms with E-state index in [1.807, 2.05) is 0 Å². The molecule has 0 N–H and O–H groups in total. The van der Waals surface area contributed by atoms with Crippen LogP contribution in [0.5, 0.6) is 0 Å². The van der Waals surface area contributed by atoms with Crippen LogP contribution in [-0.2, 0) is 53.6 Å².